The van der Waals surface area contributed by atoms with Crippen LogP contribution in [-0.2, 0) is 14.4 Å². The molecule has 0 saturated carbocycles. The predicted molar refractivity (Wildman–Crippen MR) is 72.7 cm³/mol. The Labute approximate surface area is 116 Å². The van der Waals surface area contributed by atoms with Gasteiger partial charge in [-0.05, 0) is 12.8 Å². The van der Waals surface area contributed by atoms with Gasteiger partial charge in [0.05, 0.1) is 5.88 Å². The summed E-state index contributed by atoms with van der Waals surface area (Å²) < 4.78 is 0. The van der Waals surface area contributed by atoms with Crippen LogP contribution in [0.1, 0.15) is 33.1 Å². The lowest BCUT2D eigenvalue weighted by Crippen LogP contribution is -2.51. The molecule has 108 valence electrons. The standard InChI is InChI=1S/C12H20N2O4S/c1-3-5-10(15)14-7-19-6-9(14)11(16)13-8(4-2)12(17)18/h8-9H,3-7H2,1-2H3,(H,13,16)(H,17,18). The number of carbonyl (C=O) groups excluding carboxylic acids is 2. The Bertz CT molecular complexity index is 362. The number of nitrogens with one attached hydrogen (secondary N) is 1. The summed E-state index contributed by atoms with van der Waals surface area (Å²) in [6, 6.07) is -1.43. The normalized spacial score (nSPS) is 20.1. The second kappa shape index (κ2) is 7.37. The molecule has 1 rings (SSSR count). The van der Waals surface area contributed by atoms with Gasteiger partial charge in [0.15, 0.2) is 0 Å². The Balaban J connectivity index is 2.64. The monoisotopic (exact) mass is 288 g/mol. The smallest absolute Gasteiger partial charge is 0.326 e. The van der Waals surface area contributed by atoms with Crippen molar-refractivity contribution in [1.82, 2.24) is 10.2 Å². The molecule has 0 aromatic heterocycles. The van der Waals surface area contributed by atoms with Crippen molar-refractivity contribution < 1.29 is 19.5 Å². The number of rotatable bonds is 6. The Morgan fingerprint density at radius 1 is 1.42 bits per heavy atom. The van der Waals surface area contributed by atoms with Crippen molar-refractivity contribution in [3.05, 3.63) is 0 Å². The molecular weight excluding hydrogens is 268 g/mol. The zero-order chi connectivity index (χ0) is 14.4. The van der Waals surface area contributed by atoms with Crippen molar-refractivity contribution in [2.24, 2.45) is 0 Å². The molecule has 0 bridgehead atoms. The Hall–Kier alpha value is -1.24. The van der Waals surface area contributed by atoms with Gasteiger partial charge >= 0.3 is 5.97 Å². The maximum absolute atomic E-state index is 12.1. The molecule has 1 fully saturated rings. The third kappa shape index (κ3) is 4.12. The van der Waals surface area contributed by atoms with Crippen molar-refractivity contribution in [2.45, 2.75) is 45.2 Å². The van der Waals surface area contributed by atoms with Crippen LogP contribution in [0.3, 0.4) is 0 Å². The molecule has 1 aliphatic heterocycles. The van der Waals surface area contributed by atoms with Gasteiger partial charge in [0.25, 0.3) is 0 Å². The summed E-state index contributed by atoms with van der Waals surface area (Å²) in [6.45, 7) is 3.61. The number of hydrogen-bond donors (Lipinski definition) is 2. The quantitative estimate of drug-likeness (QED) is 0.750. The van der Waals surface area contributed by atoms with Crippen molar-refractivity contribution in [1.29, 1.82) is 0 Å². The van der Waals surface area contributed by atoms with Crippen molar-refractivity contribution in [3.8, 4) is 0 Å². The minimum absolute atomic E-state index is 0.0453. The molecule has 2 unspecified atom stereocenters. The van der Waals surface area contributed by atoms with Gasteiger partial charge in [-0.25, -0.2) is 4.79 Å². The van der Waals surface area contributed by atoms with E-state index in [0.29, 0.717) is 24.5 Å². The molecular formula is C12H20N2O4S. The highest BCUT2D eigenvalue weighted by molar-refractivity contribution is 7.99. The summed E-state index contributed by atoms with van der Waals surface area (Å²) in [5.74, 6) is -0.439. The number of hydrogen-bond acceptors (Lipinski definition) is 4. The topological polar surface area (TPSA) is 86.7 Å². The van der Waals surface area contributed by atoms with Crippen LogP contribution in [0, 0.1) is 0 Å². The summed E-state index contributed by atoms with van der Waals surface area (Å²) in [5, 5.41) is 11.4. The summed E-state index contributed by atoms with van der Waals surface area (Å²) in [5.41, 5.74) is 0. The zero-order valence-electron chi connectivity index (χ0n) is 11.2. The lowest BCUT2D eigenvalue weighted by Gasteiger charge is -2.24. The molecule has 0 aromatic rings. The van der Waals surface area contributed by atoms with Gasteiger partial charge in [-0.1, -0.05) is 13.8 Å². The Morgan fingerprint density at radius 3 is 2.63 bits per heavy atom. The summed E-state index contributed by atoms with van der Waals surface area (Å²) in [7, 11) is 0. The van der Waals surface area contributed by atoms with Gasteiger partial charge < -0.3 is 15.3 Å². The Kier molecular flexibility index (Phi) is 6.14. The van der Waals surface area contributed by atoms with Crippen LogP contribution in [0.4, 0.5) is 0 Å². The molecule has 0 aromatic carbocycles. The molecule has 2 amide bonds. The highest BCUT2D eigenvalue weighted by Crippen LogP contribution is 2.22. The SMILES string of the molecule is CCCC(=O)N1CSCC1C(=O)NC(CC)C(=O)O. The number of nitrogens with zero attached hydrogens (tertiary/aromatic N) is 1. The third-order valence-corrected chi connectivity index (χ3v) is 4.00. The second-order valence-corrected chi connectivity index (χ2v) is 5.44. The highest BCUT2D eigenvalue weighted by atomic mass is 32.2. The van der Waals surface area contributed by atoms with Crippen LogP contribution >= 0.6 is 11.8 Å². The van der Waals surface area contributed by atoms with E-state index in [4.69, 9.17) is 5.11 Å². The largest absolute Gasteiger partial charge is 0.480 e. The molecule has 2 atom stereocenters. The first-order chi connectivity index (χ1) is 9.01. The molecule has 19 heavy (non-hydrogen) atoms. The van der Waals surface area contributed by atoms with Gasteiger partial charge in [0, 0.05) is 12.2 Å². The Morgan fingerprint density at radius 2 is 2.11 bits per heavy atom. The van der Waals surface area contributed by atoms with E-state index in [1.165, 1.54) is 16.7 Å². The van der Waals surface area contributed by atoms with Crippen LogP contribution in [0.5, 0.6) is 0 Å². The van der Waals surface area contributed by atoms with Crippen LogP contribution < -0.4 is 5.32 Å². The first kappa shape index (κ1) is 15.8. The first-order valence-corrected chi connectivity index (χ1v) is 7.57. The van der Waals surface area contributed by atoms with E-state index in [0.717, 1.165) is 6.42 Å². The molecule has 0 radical (unpaired) electrons. The molecule has 1 heterocycles. The van der Waals surface area contributed by atoms with E-state index >= 15 is 0 Å². The van der Waals surface area contributed by atoms with Crippen LogP contribution in [0.25, 0.3) is 0 Å². The first-order valence-electron chi connectivity index (χ1n) is 6.41. The maximum Gasteiger partial charge on any atom is 0.326 e. The van der Waals surface area contributed by atoms with E-state index in [2.05, 4.69) is 5.32 Å². The number of amides is 2. The summed E-state index contributed by atoms with van der Waals surface area (Å²) in [6.07, 6.45) is 1.48. The van der Waals surface area contributed by atoms with Crippen LogP contribution in [0.15, 0.2) is 0 Å². The average Bonchev–Trinajstić information content (AvgIpc) is 2.84. The predicted octanol–water partition coefficient (Wildman–Crippen LogP) is 0.667. The van der Waals surface area contributed by atoms with Crippen LogP contribution in [0.2, 0.25) is 0 Å². The van der Waals surface area contributed by atoms with Crippen molar-refractivity contribution in [3.63, 3.8) is 0 Å². The molecule has 0 spiro atoms. The number of carboxylic acid groups (broad SMARTS) is 1. The molecule has 1 aliphatic rings. The second-order valence-electron chi connectivity index (χ2n) is 4.44. The fraction of sp³-hybridized carbons (Fsp3) is 0.750. The van der Waals surface area contributed by atoms with E-state index in [-0.39, 0.29) is 11.8 Å². The summed E-state index contributed by atoms with van der Waals surface area (Å²) in [4.78, 5) is 36.4. The van der Waals surface area contributed by atoms with Gasteiger partial charge in [-0.3, -0.25) is 9.59 Å². The zero-order valence-corrected chi connectivity index (χ0v) is 12.0. The number of carbonyl (C=O) groups is 3. The summed E-state index contributed by atoms with van der Waals surface area (Å²) >= 11 is 1.51. The van der Waals surface area contributed by atoms with Gasteiger partial charge in [0.2, 0.25) is 11.8 Å². The van der Waals surface area contributed by atoms with E-state index in [1.54, 1.807) is 6.92 Å². The highest BCUT2D eigenvalue weighted by Gasteiger charge is 2.35. The molecule has 0 aliphatic carbocycles. The molecule has 1 saturated heterocycles. The fourth-order valence-corrected chi connectivity index (χ4v) is 3.05. The third-order valence-electron chi connectivity index (χ3n) is 2.99. The fourth-order valence-electron chi connectivity index (χ4n) is 1.87. The van der Waals surface area contributed by atoms with Gasteiger partial charge in [-0.15, -0.1) is 11.8 Å². The maximum atomic E-state index is 12.1. The van der Waals surface area contributed by atoms with E-state index in [9.17, 15) is 14.4 Å². The lowest BCUT2D eigenvalue weighted by atomic mass is 10.2. The van der Waals surface area contributed by atoms with Crippen molar-refractivity contribution >= 4 is 29.5 Å². The van der Waals surface area contributed by atoms with Gasteiger partial charge in [0.1, 0.15) is 12.1 Å². The molecule has 2 N–H and O–H groups in total. The van der Waals surface area contributed by atoms with Crippen molar-refractivity contribution in [2.75, 3.05) is 11.6 Å². The molecule has 6 nitrogen and oxygen atoms in total. The lowest BCUT2D eigenvalue weighted by molar-refractivity contribution is -0.143. The minimum Gasteiger partial charge on any atom is -0.480 e. The molecule has 7 heteroatoms. The van der Waals surface area contributed by atoms with E-state index < -0.39 is 18.1 Å². The number of carboxylic acids is 1. The minimum atomic E-state index is -1.05. The average molecular weight is 288 g/mol. The van der Waals surface area contributed by atoms with Crippen LogP contribution in [-0.4, -0.2) is 51.5 Å². The number of aliphatic carboxylic acids is 1. The van der Waals surface area contributed by atoms with Gasteiger partial charge in [-0.2, -0.15) is 0 Å². The van der Waals surface area contributed by atoms with E-state index in [1.807, 2.05) is 6.92 Å². The number of thioether (sulfide) groups is 1.